The molecule has 0 aromatic carbocycles. The highest BCUT2D eigenvalue weighted by atomic mass is 16.2. The Morgan fingerprint density at radius 1 is 1.86 bits per heavy atom. The highest BCUT2D eigenvalue weighted by Gasteiger charge is 1.69. The molecule has 39 valence electrons. The minimum absolute atomic E-state index is 0.146. The Bertz CT molecular complexity index is 82.2. The average Bonchev–Trinajstić information content (AvgIpc) is 1.61. The van der Waals surface area contributed by atoms with Crippen molar-refractivity contribution in [1.82, 2.24) is 0 Å². The van der Waals surface area contributed by atoms with E-state index in [2.05, 4.69) is 6.58 Å². The second-order valence-corrected chi connectivity index (χ2v) is 1.42. The monoisotopic (exact) mass is 97.1 g/mol. The Morgan fingerprint density at radius 3 is 2.57 bits per heavy atom. The normalized spacial score (nSPS) is 10.0. The van der Waals surface area contributed by atoms with Crippen LogP contribution in [0.1, 0.15) is 6.92 Å². The number of hydrogen-bond acceptors (Lipinski definition) is 0. The Labute approximate surface area is 44.0 Å². The molecule has 0 unspecified atom stereocenters. The Hall–Kier alpha value is -0.560. The van der Waals surface area contributed by atoms with Crippen LogP contribution in [0.5, 0.6) is 0 Å². The van der Waals surface area contributed by atoms with Gasteiger partial charge < -0.3 is 0 Å². The van der Waals surface area contributed by atoms with Crippen LogP contribution in [0.3, 0.4) is 0 Å². The second kappa shape index (κ2) is 3.62. The lowest BCUT2D eigenvalue weighted by atomic mass is 10.3. The van der Waals surface area contributed by atoms with Gasteiger partial charge in [-0.15, -0.1) is 0 Å². The van der Waals surface area contributed by atoms with Crippen molar-refractivity contribution >= 4 is 0 Å². The summed E-state index contributed by atoms with van der Waals surface area (Å²) < 4.78 is 0. The fourth-order valence-corrected chi connectivity index (χ4v) is 0.249. The van der Waals surface area contributed by atoms with E-state index >= 15 is 0 Å². The van der Waals surface area contributed by atoms with Crippen LogP contribution in [-0.4, -0.2) is 6.61 Å². The Morgan fingerprint density at radius 2 is 2.43 bits per heavy atom. The van der Waals surface area contributed by atoms with Crippen molar-refractivity contribution in [3.05, 3.63) is 24.3 Å². The van der Waals surface area contributed by atoms with Crippen LogP contribution in [0.4, 0.5) is 0 Å². The summed E-state index contributed by atoms with van der Waals surface area (Å²) in [5, 5.41) is 9.71. The molecule has 0 heterocycles. The van der Waals surface area contributed by atoms with Crippen LogP contribution in [0.25, 0.3) is 0 Å². The lowest BCUT2D eigenvalue weighted by molar-refractivity contribution is 0.232. The minimum atomic E-state index is -0.146. The molecule has 0 aromatic rings. The molecule has 0 rings (SSSR count). The van der Waals surface area contributed by atoms with Gasteiger partial charge in [-0.1, -0.05) is 24.3 Å². The molecule has 1 radical (unpaired) electrons. The molecule has 1 heteroatoms. The van der Waals surface area contributed by atoms with Crippen molar-refractivity contribution in [1.29, 1.82) is 0 Å². The van der Waals surface area contributed by atoms with Gasteiger partial charge in [0, 0.05) is 0 Å². The van der Waals surface area contributed by atoms with Crippen LogP contribution in [-0.2, 0) is 5.11 Å². The van der Waals surface area contributed by atoms with Crippen LogP contribution >= 0.6 is 0 Å². The molecule has 0 bridgehead atoms. The van der Waals surface area contributed by atoms with Crippen molar-refractivity contribution in [3.8, 4) is 0 Å². The lowest BCUT2D eigenvalue weighted by Crippen LogP contribution is -1.67. The van der Waals surface area contributed by atoms with E-state index < -0.39 is 0 Å². The maximum absolute atomic E-state index is 9.71. The van der Waals surface area contributed by atoms with Gasteiger partial charge in [-0.2, -0.15) is 0 Å². The summed E-state index contributed by atoms with van der Waals surface area (Å²) in [7, 11) is 0. The Balaban J connectivity index is 3.26. The summed E-state index contributed by atoms with van der Waals surface area (Å²) in [5.41, 5.74) is 0.927. The van der Waals surface area contributed by atoms with Crippen molar-refractivity contribution < 1.29 is 5.11 Å². The van der Waals surface area contributed by atoms with Gasteiger partial charge in [-0.25, -0.2) is 5.11 Å². The van der Waals surface area contributed by atoms with E-state index in [9.17, 15) is 5.11 Å². The van der Waals surface area contributed by atoms with Crippen molar-refractivity contribution in [2.24, 2.45) is 0 Å². The third kappa shape index (κ3) is 5.44. The van der Waals surface area contributed by atoms with E-state index in [-0.39, 0.29) is 6.61 Å². The maximum Gasteiger partial charge on any atom is 0.101 e. The summed E-state index contributed by atoms with van der Waals surface area (Å²) in [6.45, 7) is 5.27. The Kier molecular flexibility index (Phi) is 3.33. The van der Waals surface area contributed by atoms with E-state index in [0.29, 0.717) is 0 Å². The molecule has 0 fully saturated rings. The average molecular weight is 97.1 g/mol. The SMILES string of the molecule is C=C(C)/C=C/C[O]. The van der Waals surface area contributed by atoms with Gasteiger partial charge >= 0.3 is 0 Å². The first kappa shape index (κ1) is 6.44. The molecule has 7 heavy (non-hydrogen) atoms. The molecule has 0 saturated heterocycles. The zero-order valence-corrected chi connectivity index (χ0v) is 4.48. The first-order valence-electron chi connectivity index (χ1n) is 2.17. The summed E-state index contributed by atoms with van der Waals surface area (Å²) >= 11 is 0. The summed E-state index contributed by atoms with van der Waals surface area (Å²) in [6.07, 6.45) is 3.26. The summed E-state index contributed by atoms with van der Waals surface area (Å²) in [6, 6.07) is 0. The van der Waals surface area contributed by atoms with Gasteiger partial charge in [0.05, 0.1) is 0 Å². The third-order valence-corrected chi connectivity index (χ3v) is 0.499. The zero-order chi connectivity index (χ0) is 5.70. The van der Waals surface area contributed by atoms with Crippen molar-refractivity contribution in [2.45, 2.75) is 6.92 Å². The molecule has 0 aliphatic carbocycles. The largest absolute Gasteiger partial charge is 0.232 e. The van der Waals surface area contributed by atoms with Gasteiger partial charge in [0.1, 0.15) is 6.61 Å². The van der Waals surface area contributed by atoms with E-state index in [0.717, 1.165) is 5.57 Å². The molecule has 0 N–H and O–H groups in total. The van der Waals surface area contributed by atoms with Gasteiger partial charge in [0.15, 0.2) is 0 Å². The zero-order valence-electron chi connectivity index (χ0n) is 4.48. The minimum Gasteiger partial charge on any atom is -0.232 e. The van der Waals surface area contributed by atoms with Crippen LogP contribution in [0.2, 0.25) is 0 Å². The first-order chi connectivity index (χ1) is 3.27. The van der Waals surface area contributed by atoms with Crippen LogP contribution in [0, 0.1) is 0 Å². The number of rotatable bonds is 2. The molecule has 0 spiro atoms. The van der Waals surface area contributed by atoms with E-state index in [1.165, 1.54) is 0 Å². The molecule has 0 saturated carbocycles. The van der Waals surface area contributed by atoms with Crippen LogP contribution in [0.15, 0.2) is 24.3 Å². The van der Waals surface area contributed by atoms with Crippen molar-refractivity contribution in [2.75, 3.05) is 6.61 Å². The van der Waals surface area contributed by atoms with Crippen molar-refractivity contribution in [3.63, 3.8) is 0 Å². The molecule has 0 aromatic heterocycles. The smallest absolute Gasteiger partial charge is 0.101 e. The third-order valence-electron chi connectivity index (χ3n) is 0.499. The fraction of sp³-hybridized carbons (Fsp3) is 0.333. The van der Waals surface area contributed by atoms with E-state index in [1.807, 2.05) is 6.92 Å². The fourth-order valence-electron chi connectivity index (χ4n) is 0.249. The van der Waals surface area contributed by atoms with Gasteiger partial charge in [-0.3, -0.25) is 0 Å². The predicted molar refractivity (Wildman–Crippen MR) is 29.5 cm³/mol. The van der Waals surface area contributed by atoms with Gasteiger partial charge in [-0.05, 0) is 6.92 Å². The molecule has 0 aliphatic rings. The summed E-state index contributed by atoms with van der Waals surface area (Å²) in [5.74, 6) is 0. The highest BCUT2D eigenvalue weighted by Crippen LogP contribution is 1.86. The summed E-state index contributed by atoms with van der Waals surface area (Å²) in [4.78, 5) is 0. The maximum atomic E-state index is 9.71. The molecule has 0 aliphatic heterocycles. The molecular weight excluding hydrogens is 88.1 g/mol. The van der Waals surface area contributed by atoms with E-state index in [1.54, 1.807) is 12.2 Å². The topological polar surface area (TPSA) is 19.9 Å². The van der Waals surface area contributed by atoms with Gasteiger partial charge in [0.2, 0.25) is 0 Å². The molecule has 0 atom stereocenters. The van der Waals surface area contributed by atoms with Crippen LogP contribution < -0.4 is 0 Å². The number of allylic oxidation sites excluding steroid dienone is 2. The molecular formula is C6H9O. The first-order valence-corrected chi connectivity index (χ1v) is 2.17. The molecule has 0 amide bonds. The quantitative estimate of drug-likeness (QED) is 0.466. The second-order valence-electron chi connectivity index (χ2n) is 1.42. The highest BCUT2D eigenvalue weighted by molar-refractivity contribution is 5.10. The van der Waals surface area contributed by atoms with Gasteiger partial charge in [0.25, 0.3) is 0 Å². The molecule has 1 nitrogen and oxygen atoms in total. The number of hydrogen-bond donors (Lipinski definition) is 0. The predicted octanol–water partition coefficient (Wildman–Crippen LogP) is 1.55. The lowest BCUT2D eigenvalue weighted by Gasteiger charge is -1.78. The standard InChI is InChI=1S/C6H9O/c1-6(2)4-3-5-7/h3-4H,1,5H2,2H3/b4-3+. The van der Waals surface area contributed by atoms with E-state index in [4.69, 9.17) is 0 Å².